The summed E-state index contributed by atoms with van der Waals surface area (Å²) >= 11 is 1.70. The second-order valence-electron chi connectivity index (χ2n) is 5.45. The third-order valence-corrected chi connectivity index (χ3v) is 4.70. The molecule has 0 saturated carbocycles. The Morgan fingerprint density at radius 1 is 1.38 bits per heavy atom. The molecule has 2 rings (SSSR count). The second-order valence-corrected chi connectivity index (χ2v) is 6.62. The molecule has 0 aromatic heterocycles. The number of piperidine rings is 1. The lowest BCUT2D eigenvalue weighted by molar-refractivity contribution is -0.125. The van der Waals surface area contributed by atoms with E-state index in [1.807, 2.05) is 0 Å². The minimum absolute atomic E-state index is 0.0625. The molecule has 1 aromatic rings. The van der Waals surface area contributed by atoms with Crippen molar-refractivity contribution in [1.82, 2.24) is 10.6 Å². The minimum atomic E-state index is 0.0625. The second kappa shape index (κ2) is 7.50. The van der Waals surface area contributed by atoms with E-state index >= 15 is 0 Å². The van der Waals surface area contributed by atoms with Crippen LogP contribution in [0.3, 0.4) is 0 Å². The van der Waals surface area contributed by atoms with Crippen LogP contribution in [0.5, 0.6) is 0 Å². The van der Waals surface area contributed by atoms with Crippen molar-refractivity contribution in [3.8, 4) is 0 Å². The van der Waals surface area contributed by atoms with Crippen molar-refractivity contribution < 1.29 is 9.59 Å². The minimum Gasteiger partial charge on any atom is -0.354 e. The summed E-state index contributed by atoms with van der Waals surface area (Å²) in [5.41, 5.74) is 2.57. The average molecular weight is 306 g/mol. The monoisotopic (exact) mass is 306 g/mol. The molecule has 2 amide bonds. The highest BCUT2D eigenvalue weighted by atomic mass is 32.2. The maximum absolute atomic E-state index is 11.9. The van der Waals surface area contributed by atoms with Crippen LogP contribution < -0.4 is 10.6 Å². The van der Waals surface area contributed by atoms with Crippen LogP contribution in [0.1, 0.15) is 30.4 Å². The zero-order chi connectivity index (χ0) is 15.2. The molecule has 1 heterocycles. The lowest BCUT2D eigenvalue weighted by Gasteiger charge is -2.23. The molecular formula is C16H22N2O2S. The highest BCUT2D eigenvalue weighted by Gasteiger charge is 2.19. The van der Waals surface area contributed by atoms with Crippen LogP contribution in [-0.2, 0) is 9.59 Å². The fraction of sp³-hybridized carbons (Fsp3) is 0.500. The van der Waals surface area contributed by atoms with Gasteiger partial charge in [0.15, 0.2) is 0 Å². The predicted octanol–water partition coefficient (Wildman–Crippen LogP) is 2.18. The molecule has 1 atom stereocenters. The number of rotatable bonds is 5. The first-order chi connectivity index (χ1) is 10.0. The largest absolute Gasteiger partial charge is 0.354 e. The fourth-order valence-corrected chi connectivity index (χ4v) is 3.17. The molecule has 1 fully saturated rings. The normalized spacial score (nSPS) is 18.2. The first-order valence-corrected chi connectivity index (χ1v) is 8.29. The van der Waals surface area contributed by atoms with Gasteiger partial charge in [-0.1, -0.05) is 6.07 Å². The number of nitrogens with one attached hydrogen (secondary N) is 2. The first kappa shape index (κ1) is 15.9. The van der Waals surface area contributed by atoms with E-state index in [1.165, 1.54) is 16.0 Å². The standard InChI is InChI=1S/C16H22N2O2S/c1-11-3-5-14(9-12(11)2)21-8-7-16(20)18-13-4-6-15(19)17-10-13/h3,5,9,13H,4,6-8,10H2,1-2H3,(H,17,19)(H,18,20). The van der Waals surface area contributed by atoms with E-state index in [9.17, 15) is 9.59 Å². The SMILES string of the molecule is Cc1ccc(SCCC(=O)NC2CCC(=O)NC2)cc1C. The summed E-state index contributed by atoms with van der Waals surface area (Å²) in [5, 5.41) is 5.75. The van der Waals surface area contributed by atoms with Gasteiger partial charge in [-0.3, -0.25) is 9.59 Å². The molecule has 1 aromatic carbocycles. The van der Waals surface area contributed by atoms with Crippen molar-refractivity contribution in [2.45, 2.75) is 44.0 Å². The molecule has 1 aliphatic heterocycles. The zero-order valence-electron chi connectivity index (χ0n) is 12.6. The van der Waals surface area contributed by atoms with Gasteiger partial charge in [-0.2, -0.15) is 0 Å². The number of carbonyl (C=O) groups is 2. The average Bonchev–Trinajstić information content (AvgIpc) is 2.45. The molecule has 114 valence electrons. The molecule has 1 aliphatic rings. The number of hydrogen-bond acceptors (Lipinski definition) is 3. The Hall–Kier alpha value is -1.49. The third-order valence-electron chi connectivity index (χ3n) is 3.71. The summed E-state index contributed by atoms with van der Waals surface area (Å²) < 4.78 is 0. The maximum Gasteiger partial charge on any atom is 0.221 e. The Balaban J connectivity index is 1.69. The van der Waals surface area contributed by atoms with E-state index in [1.54, 1.807) is 11.8 Å². The lowest BCUT2D eigenvalue weighted by atomic mass is 10.1. The molecule has 1 saturated heterocycles. The molecule has 0 bridgehead atoms. The summed E-state index contributed by atoms with van der Waals surface area (Å²) in [7, 11) is 0. The molecule has 0 aliphatic carbocycles. The van der Waals surface area contributed by atoms with Crippen molar-refractivity contribution in [3.63, 3.8) is 0 Å². The zero-order valence-corrected chi connectivity index (χ0v) is 13.4. The summed E-state index contributed by atoms with van der Waals surface area (Å²) in [4.78, 5) is 24.1. The Morgan fingerprint density at radius 3 is 2.86 bits per heavy atom. The fourth-order valence-electron chi connectivity index (χ4n) is 2.22. The van der Waals surface area contributed by atoms with Gasteiger partial charge in [0.1, 0.15) is 0 Å². The van der Waals surface area contributed by atoms with E-state index in [2.05, 4.69) is 42.7 Å². The molecule has 1 unspecified atom stereocenters. The molecule has 0 radical (unpaired) electrons. The van der Waals surface area contributed by atoms with Crippen molar-refractivity contribution in [2.75, 3.05) is 12.3 Å². The number of benzene rings is 1. The van der Waals surface area contributed by atoms with Gasteiger partial charge in [0.2, 0.25) is 11.8 Å². The van der Waals surface area contributed by atoms with Gasteiger partial charge in [-0.15, -0.1) is 11.8 Å². The molecule has 21 heavy (non-hydrogen) atoms. The highest BCUT2D eigenvalue weighted by Crippen LogP contribution is 2.21. The molecule has 4 nitrogen and oxygen atoms in total. The van der Waals surface area contributed by atoms with Crippen LogP contribution >= 0.6 is 11.8 Å². The van der Waals surface area contributed by atoms with Gasteiger partial charge in [-0.05, 0) is 43.5 Å². The summed E-state index contributed by atoms with van der Waals surface area (Å²) in [6.07, 6.45) is 1.74. The topological polar surface area (TPSA) is 58.2 Å². The van der Waals surface area contributed by atoms with Crippen LogP contribution in [0.25, 0.3) is 0 Å². The van der Waals surface area contributed by atoms with Gasteiger partial charge < -0.3 is 10.6 Å². The number of carbonyl (C=O) groups excluding carboxylic acids is 2. The molecule has 0 spiro atoms. The lowest BCUT2D eigenvalue weighted by Crippen LogP contribution is -2.47. The van der Waals surface area contributed by atoms with Crippen molar-refractivity contribution >= 4 is 23.6 Å². The Morgan fingerprint density at radius 2 is 2.19 bits per heavy atom. The number of aryl methyl sites for hydroxylation is 2. The Bertz CT molecular complexity index is 521. The molecular weight excluding hydrogens is 284 g/mol. The van der Waals surface area contributed by atoms with Crippen LogP contribution in [0.4, 0.5) is 0 Å². The van der Waals surface area contributed by atoms with E-state index in [4.69, 9.17) is 0 Å². The van der Waals surface area contributed by atoms with Crippen molar-refractivity contribution in [1.29, 1.82) is 0 Å². The van der Waals surface area contributed by atoms with Gasteiger partial charge in [0.05, 0.1) is 0 Å². The Labute approximate surface area is 130 Å². The third kappa shape index (κ3) is 5.08. The number of hydrogen-bond donors (Lipinski definition) is 2. The maximum atomic E-state index is 11.9. The van der Waals surface area contributed by atoms with E-state index in [-0.39, 0.29) is 17.9 Å². The first-order valence-electron chi connectivity index (χ1n) is 7.30. The van der Waals surface area contributed by atoms with E-state index < -0.39 is 0 Å². The van der Waals surface area contributed by atoms with Gasteiger partial charge in [0, 0.05) is 36.1 Å². The van der Waals surface area contributed by atoms with Gasteiger partial charge in [-0.25, -0.2) is 0 Å². The summed E-state index contributed by atoms with van der Waals surface area (Å²) in [5.74, 6) is 0.909. The smallest absolute Gasteiger partial charge is 0.221 e. The highest BCUT2D eigenvalue weighted by molar-refractivity contribution is 7.99. The van der Waals surface area contributed by atoms with Crippen LogP contribution in [-0.4, -0.2) is 30.2 Å². The quantitative estimate of drug-likeness (QED) is 0.820. The predicted molar refractivity (Wildman–Crippen MR) is 85.4 cm³/mol. The van der Waals surface area contributed by atoms with E-state index in [0.29, 0.717) is 19.4 Å². The molecule has 2 N–H and O–H groups in total. The van der Waals surface area contributed by atoms with Crippen molar-refractivity contribution in [3.05, 3.63) is 29.3 Å². The van der Waals surface area contributed by atoms with Crippen LogP contribution in [0, 0.1) is 13.8 Å². The van der Waals surface area contributed by atoms with Crippen LogP contribution in [0.2, 0.25) is 0 Å². The Kier molecular flexibility index (Phi) is 5.67. The van der Waals surface area contributed by atoms with E-state index in [0.717, 1.165) is 12.2 Å². The van der Waals surface area contributed by atoms with Gasteiger partial charge >= 0.3 is 0 Å². The number of amides is 2. The number of thioether (sulfide) groups is 1. The summed E-state index contributed by atoms with van der Waals surface area (Å²) in [6, 6.07) is 6.46. The summed E-state index contributed by atoms with van der Waals surface area (Å²) in [6.45, 7) is 4.75. The van der Waals surface area contributed by atoms with Gasteiger partial charge in [0.25, 0.3) is 0 Å². The van der Waals surface area contributed by atoms with Crippen LogP contribution in [0.15, 0.2) is 23.1 Å². The van der Waals surface area contributed by atoms with Crippen molar-refractivity contribution in [2.24, 2.45) is 0 Å². The molecule has 5 heteroatoms.